The molecule has 1 heterocycles. The molecule has 0 spiro atoms. The molecule has 8 atom stereocenters. The number of aromatic nitrogens is 1. The maximum absolute atomic E-state index is 5.76. The Morgan fingerprint density at radius 1 is 0.963 bits per heavy atom. The maximum Gasteiger partial charge on any atom is 0.0574 e. The number of nitrogens with zero attached hydrogens (tertiary/aromatic N) is 1. The Balaban J connectivity index is 1.41. The fraction of sp³-hybridized carbons (Fsp3) is 0.800. The van der Waals surface area contributed by atoms with Gasteiger partial charge in [0.15, 0.2) is 0 Å². The van der Waals surface area contributed by atoms with Crippen LogP contribution in [0.25, 0.3) is 0 Å². The Kier molecular flexibility index (Phi) is 4.42. The Morgan fingerprint density at radius 2 is 1.78 bits per heavy atom. The van der Waals surface area contributed by atoms with E-state index in [9.17, 15) is 0 Å². The molecule has 5 rings (SSSR count). The van der Waals surface area contributed by atoms with Crippen molar-refractivity contribution in [1.29, 1.82) is 0 Å². The van der Waals surface area contributed by atoms with E-state index in [0.717, 1.165) is 29.6 Å². The highest BCUT2D eigenvalue weighted by atomic mass is 16.5. The fourth-order valence-electron chi connectivity index (χ4n) is 8.56. The summed E-state index contributed by atoms with van der Waals surface area (Å²) in [7, 11) is 1.92. The third kappa shape index (κ3) is 2.65. The van der Waals surface area contributed by atoms with Gasteiger partial charge >= 0.3 is 0 Å². The largest absolute Gasteiger partial charge is 0.381 e. The van der Waals surface area contributed by atoms with Crippen LogP contribution in [0.2, 0.25) is 0 Å². The summed E-state index contributed by atoms with van der Waals surface area (Å²) in [6.45, 7) is 5.30. The van der Waals surface area contributed by atoms with Gasteiger partial charge in [-0.05, 0) is 110 Å². The normalized spacial score (nSPS) is 49.1. The van der Waals surface area contributed by atoms with Crippen molar-refractivity contribution in [2.45, 2.75) is 83.7 Å². The van der Waals surface area contributed by atoms with Crippen LogP contribution >= 0.6 is 0 Å². The van der Waals surface area contributed by atoms with Gasteiger partial charge in [-0.25, -0.2) is 0 Å². The van der Waals surface area contributed by atoms with Gasteiger partial charge in [0.2, 0.25) is 0 Å². The van der Waals surface area contributed by atoms with Crippen molar-refractivity contribution in [2.24, 2.45) is 34.5 Å². The third-order valence-corrected chi connectivity index (χ3v) is 10.0. The molecule has 0 aromatic carbocycles. The second-order valence-corrected chi connectivity index (χ2v) is 10.7. The number of methoxy groups -OCH3 is 1. The first-order chi connectivity index (χ1) is 13.1. The summed E-state index contributed by atoms with van der Waals surface area (Å²) in [5.41, 5.74) is 2.57. The molecule has 4 fully saturated rings. The molecule has 3 unspecified atom stereocenters. The van der Waals surface area contributed by atoms with E-state index in [0.29, 0.717) is 16.9 Å². The first kappa shape index (κ1) is 18.2. The molecular weight excluding hydrogens is 330 g/mol. The lowest BCUT2D eigenvalue weighted by Gasteiger charge is -2.61. The standard InChI is InChI=1S/C25H37NO/c1-24-12-10-19(27-3)15-18(24)6-7-20-22-9-8-21(17-5-4-14-26-16-17)25(22,2)13-11-23(20)24/h4-5,14,16,18-23H,6-13,15H2,1-3H3/t18?,19?,20-,21?,22-,23+,24-,25+/m0/s1. The monoisotopic (exact) mass is 367 g/mol. The first-order valence-electron chi connectivity index (χ1n) is 11.5. The van der Waals surface area contributed by atoms with Crippen LogP contribution in [0.4, 0.5) is 0 Å². The van der Waals surface area contributed by atoms with Crippen molar-refractivity contribution in [1.82, 2.24) is 4.98 Å². The summed E-state index contributed by atoms with van der Waals surface area (Å²) in [4.78, 5) is 4.45. The molecule has 1 aromatic rings. The van der Waals surface area contributed by atoms with E-state index in [2.05, 4.69) is 37.2 Å². The molecule has 148 valence electrons. The summed E-state index contributed by atoms with van der Waals surface area (Å²) < 4.78 is 5.76. The van der Waals surface area contributed by atoms with E-state index >= 15 is 0 Å². The topological polar surface area (TPSA) is 22.1 Å². The zero-order chi connectivity index (χ0) is 18.6. The lowest BCUT2D eigenvalue weighted by Crippen LogP contribution is -2.53. The van der Waals surface area contributed by atoms with Crippen molar-refractivity contribution >= 4 is 0 Å². The smallest absolute Gasteiger partial charge is 0.0574 e. The van der Waals surface area contributed by atoms with E-state index in [4.69, 9.17) is 4.74 Å². The Bertz CT molecular complexity index is 674. The van der Waals surface area contributed by atoms with Gasteiger partial charge in [-0.15, -0.1) is 0 Å². The SMILES string of the molecule is COC1CC[C@@]2(C)C(CC[C@@H]3[C@H]2CC[C@]2(C)C(c4cccnc4)CC[C@@H]32)C1. The van der Waals surface area contributed by atoms with E-state index in [1.165, 1.54) is 63.4 Å². The van der Waals surface area contributed by atoms with Crippen LogP contribution in [0.1, 0.15) is 83.1 Å². The van der Waals surface area contributed by atoms with Crippen LogP contribution < -0.4 is 0 Å². The molecular formula is C25H37NO. The van der Waals surface area contributed by atoms with Crippen LogP contribution in [0.5, 0.6) is 0 Å². The van der Waals surface area contributed by atoms with Crippen molar-refractivity contribution in [3.05, 3.63) is 30.1 Å². The molecule has 4 aliphatic rings. The summed E-state index contributed by atoms with van der Waals surface area (Å²) in [5, 5.41) is 0. The average molecular weight is 368 g/mol. The van der Waals surface area contributed by atoms with Gasteiger partial charge in [0.05, 0.1) is 6.10 Å². The minimum atomic E-state index is 0.497. The van der Waals surface area contributed by atoms with Crippen LogP contribution in [0.3, 0.4) is 0 Å². The number of hydrogen-bond acceptors (Lipinski definition) is 2. The number of pyridine rings is 1. The fourth-order valence-corrected chi connectivity index (χ4v) is 8.56. The highest BCUT2D eigenvalue weighted by Crippen LogP contribution is 2.69. The molecule has 0 radical (unpaired) electrons. The third-order valence-electron chi connectivity index (χ3n) is 10.0. The first-order valence-corrected chi connectivity index (χ1v) is 11.5. The average Bonchev–Trinajstić information content (AvgIpc) is 3.05. The Labute approximate surface area is 165 Å². The molecule has 4 saturated carbocycles. The molecule has 0 saturated heterocycles. The molecule has 0 amide bonds. The molecule has 4 aliphatic carbocycles. The van der Waals surface area contributed by atoms with E-state index < -0.39 is 0 Å². The van der Waals surface area contributed by atoms with Crippen LogP contribution in [0.15, 0.2) is 24.5 Å². The molecule has 2 nitrogen and oxygen atoms in total. The van der Waals surface area contributed by atoms with Crippen molar-refractivity contribution in [3.63, 3.8) is 0 Å². The maximum atomic E-state index is 5.76. The van der Waals surface area contributed by atoms with Crippen molar-refractivity contribution in [3.8, 4) is 0 Å². The van der Waals surface area contributed by atoms with Gasteiger partial charge in [-0.2, -0.15) is 0 Å². The van der Waals surface area contributed by atoms with Gasteiger partial charge in [0, 0.05) is 19.5 Å². The summed E-state index contributed by atoms with van der Waals surface area (Å²) in [6.07, 6.45) is 17.2. The summed E-state index contributed by atoms with van der Waals surface area (Å²) >= 11 is 0. The Morgan fingerprint density at radius 3 is 2.56 bits per heavy atom. The molecule has 2 heteroatoms. The van der Waals surface area contributed by atoms with Crippen molar-refractivity contribution < 1.29 is 4.74 Å². The van der Waals surface area contributed by atoms with E-state index in [1.54, 1.807) is 0 Å². The zero-order valence-electron chi connectivity index (χ0n) is 17.5. The highest BCUT2D eigenvalue weighted by molar-refractivity contribution is 5.23. The molecule has 27 heavy (non-hydrogen) atoms. The molecule has 1 aromatic heterocycles. The van der Waals surface area contributed by atoms with Gasteiger partial charge in [0.25, 0.3) is 0 Å². The van der Waals surface area contributed by atoms with Gasteiger partial charge < -0.3 is 4.74 Å². The molecule has 0 N–H and O–H groups in total. The van der Waals surface area contributed by atoms with E-state index in [-0.39, 0.29) is 0 Å². The number of fused-ring (bicyclic) bond motifs is 5. The Hall–Kier alpha value is -0.890. The minimum Gasteiger partial charge on any atom is -0.381 e. The molecule has 0 aliphatic heterocycles. The zero-order valence-corrected chi connectivity index (χ0v) is 17.5. The van der Waals surface area contributed by atoms with Crippen molar-refractivity contribution in [2.75, 3.05) is 7.11 Å². The van der Waals surface area contributed by atoms with E-state index in [1.807, 2.05) is 13.3 Å². The second-order valence-electron chi connectivity index (χ2n) is 10.7. The van der Waals surface area contributed by atoms with Gasteiger partial charge in [0.1, 0.15) is 0 Å². The number of ether oxygens (including phenoxy) is 1. The lowest BCUT2D eigenvalue weighted by atomic mass is 9.44. The van der Waals surface area contributed by atoms with Crippen LogP contribution in [-0.2, 0) is 4.74 Å². The van der Waals surface area contributed by atoms with Crippen LogP contribution in [0, 0.1) is 34.5 Å². The summed E-state index contributed by atoms with van der Waals surface area (Å²) in [5.74, 6) is 4.48. The quantitative estimate of drug-likeness (QED) is 0.619. The summed E-state index contributed by atoms with van der Waals surface area (Å²) in [6, 6.07) is 4.47. The second kappa shape index (κ2) is 6.58. The molecule has 0 bridgehead atoms. The highest BCUT2D eigenvalue weighted by Gasteiger charge is 2.60. The number of hydrogen-bond donors (Lipinski definition) is 0. The minimum absolute atomic E-state index is 0.497. The predicted molar refractivity (Wildman–Crippen MR) is 110 cm³/mol. The predicted octanol–water partition coefficient (Wildman–Crippen LogP) is 6.22. The number of rotatable bonds is 2. The van der Waals surface area contributed by atoms with Gasteiger partial charge in [-0.3, -0.25) is 4.98 Å². The van der Waals surface area contributed by atoms with Gasteiger partial charge in [-0.1, -0.05) is 19.9 Å². The lowest BCUT2D eigenvalue weighted by molar-refractivity contribution is -0.127. The van der Waals surface area contributed by atoms with Crippen LogP contribution in [-0.4, -0.2) is 18.2 Å².